The predicted molar refractivity (Wildman–Crippen MR) is 61.0 cm³/mol. The topological polar surface area (TPSA) is 38.9 Å². The number of halogens is 2. The van der Waals surface area contributed by atoms with Crippen LogP contribution in [-0.4, -0.2) is 10.1 Å². The van der Waals surface area contributed by atoms with Crippen LogP contribution in [0.5, 0.6) is 0 Å². The Hall–Kier alpha value is -0.870. The average molecular weight is 288 g/mol. The van der Waals surface area contributed by atoms with Gasteiger partial charge in [0.15, 0.2) is 5.82 Å². The molecule has 5 heteroatoms. The normalized spacial score (nSPS) is 10.6. The smallest absolute Gasteiger partial charge is 0.223 e. The molecule has 1 aromatic carbocycles. The van der Waals surface area contributed by atoms with Gasteiger partial charge in [-0.3, -0.25) is 0 Å². The fourth-order valence-corrected chi connectivity index (χ4v) is 1.84. The summed E-state index contributed by atoms with van der Waals surface area (Å²) in [5.74, 6) is 1.23. The summed E-state index contributed by atoms with van der Waals surface area (Å²) in [4.78, 5) is 4.14. The van der Waals surface area contributed by atoms with E-state index in [4.69, 9.17) is 16.1 Å². The van der Waals surface area contributed by atoms with Crippen LogP contribution in [-0.2, 0) is 6.42 Å². The second kappa shape index (κ2) is 4.33. The van der Waals surface area contributed by atoms with Gasteiger partial charge in [-0.05, 0) is 23.8 Å². The average Bonchev–Trinajstić information content (AvgIpc) is 2.58. The standard InChI is InChI=1S/C10H8BrClN2O/c1-6-13-10(14-15-6)5-7-4-8(12)2-3-9(7)11/h2-4H,5H2,1H3. The van der Waals surface area contributed by atoms with Gasteiger partial charge in [0.2, 0.25) is 5.89 Å². The van der Waals surface area contributed by atoms with E-state index in [2.05, 4.69) is 26.1 Å². The third kappa shape index (κ3) is 2.58. The molecule has 1 heterocycles. The molecule has 15 heavy (non-hydrogen) atoms. The van der Waals surface area contributed by atoms with E-state index >= 15 is 0 Å². The van der Waals surface area contributed by atoms with Crippen molar-refractivity contribution in [1.82, 2.24) is 10.1 Å². The van der Waals surface area contributed by atoms with Gasteiger partial charge in [-0.1, -0.05) is 32.7 Å². The van der Waals surface area contributed by atoms with Crippen molar-refractivity contribution in [3.05, 3.63) is 45.0 Å². The molecule has 0 fully saturated rings. The summed E-state index contributed by atoms with van der Waals surface area (Å²) < 4.78 is 5.89. The van der Waals surface area contributed by atoms with Gasteiger partial charge in [-0.15, -0.1) is 0 Å². The highest BCUT2D eigenvalue weighted by Crippen LogP contribution is 2.22. The Balaban J connectivity index is 2.27. The van der Waals surface area contributed by atoms with Crippen LogP contribution in [0, 0.1) is 6.92 Å². The molecule has 0 saturated heterocycles. The molecule has 0 spiro atoms. The van der Waals surface area contributed by atoms with E-state index in [1.165, 1.54) is 0 Å². The van der Waals surface area contributed by atoms with Crippen LogP contribution in [0.1, 0.15) is 17.3 Å². The summed E-state index contributed by atoms with van der Waals surface area (Å²) in [7, 11) is 0. The first-order valence-electron chi connectivity index (χ1n) is 4.38. The van der Waals surface area contributed by atoms with E-state index in [1.54, 1.807) is 6.92 Å². The Morgan fingerprint density at radius 1 is 1.47 bits per heavy atom. The number of hydrogen-bond acceptors (Lipinski definition) is 3. The molecule has 78 valence electrons. The van der Waals surface area contributed by atoms with Crippen molar-refractivity contribution in [1.29, 1.82) is 0 Å². The molecule has 0 saturated carbocycles. The number of benzene rings is 1. The molecule has 0 unspecified atom stereocenters. The second-order valence-corrected chi connectivity index (χ2v) is 4.43. The van der Waals surface area contributed by atoms with Crippen molar-refractivity contribution in [2.45, 2.75) is 13.3 Å². The first-order valence-corrected chi connectivity index (χ1v) is 5.55. The van der Waals surface area contributed by atoms with Crippen LogP contribution in [0.3, 0.4) is 0 Å². The summed E-state index contributed by atoms with van der Waals surface area (Å²) in [5, 5.41) is 4.53. The van der Waals surface area contributed by atoms with E-state index in [0.717, 1.165) is 10.0 Å². The molecule has 0 aliphatic carbocycles. The summed E-state index contributed by atoms with van der Waals surface area (Å²) >= 11 is 9.35. The Kier molecular flexibility index (Phi) is 3.07. The molecule has 0 bridgehead atoms. The SMILES string of the molecule is Cc1nc(Cc2cc(Cl)ccc2Br)no1. The van der Waals surface area contributed by atoms with Gasteiger partial charge in [0, 0.05) is 22.8 Å². The molecule has 2 rings (SSSR count). The van der Waals surface area contributed by atoms with Crippen molar-refractivity contribution in [2.75, 3.05) is 0 Å². The summed E-state index contributed by atoms with van der Waals surface area (Å²) in [6.45, 7) is 1.77. The zero-order chi connectivity index (χ0) is 10.8. The lowest BCUT2D eigenvalue weighted by Crippen LogP contribution is -1.92. The lowest BCUT2D eigenvalue weighted by Gasteiger charge is -2.01. The van der Waals surface area contributed by atoms with Crippen molar-refractivity contribution in [3.63, 3.8) is 0 Å². The molecule has 2 aromatic rings. The molecule has 0 N–H and O–H groups in total. The molecule has 3 nitrogen and oxygen atoms in total. The summed E-state index contributed by atoms with van der Waals surface area (Å²) in [6.07, 6.45) is 0.610. The van der Waals surface area contributed by atoms with E-state index in [-0.39, 0.29) is 0 Å². The second-order valence-electron chi connectivity index (χ2n) is 3.14. The number of aryl methyl sites for hydroxylation is 1. The number of hydrogen-bond donors (Lipinski definition) is 0. The van der Waals surface area contributed by atoms with Gasteiger partial charge >= 0.3 is 0 Å². The lowest BCUT2D eigenvalue weighted by molar-refractivity contribution is 0.388. The Morgan fingerprint density at radius 3 is 2.93 bits per heavy atom. The molecular formula is C10H8BrClN2O. The van der Waals surface area contributed by atoms with E-state index in [0.29, 0.717) is 23.2 Å². The van der Waals surface area contributed by atoms with Crippen LogP contribution in [0.15, 0.2) is 27.2 Å². The molecule has 0 aliphatic heterocycles. The minimum atomic E-state index is 0.572. The number of rotatable bonds is 2. The van der Waals surface area contributed by atoms with Gasteiger partial charge in [0.05, 0.1) is 0 Å². The van der Waals surface area contributed by atoms with E-state index in [9.17, 15) is 0 Å². The Labute approximate surface area is 101 Å². The quantitative estimate of drug-likeness (QED) is 0.850. The minimum Gasteiger partial charge on any atom is -0.340 e. The molecule has 1 aromatic heterocycles. The maximum absolute atomic E-state index is 5.90. The van der Waals surface area contributed by atoms with Crippen molar-refractivity contribution >= 4 is 27.5 Å². The summed E-state index contributed by atoms with van der Waals surface area (Å²) in [6, 6.07) is 5.62. The van der Waals surface area contributed by atoms with Crippen molar-refractivity contribution in [2.24, 2.45) is 0 Å². The monoisotopic (exact) mass is 286 g/mol. The van der Waals surface area contributed by atoms with Crippen LogP contribution in [0.4, 0.5) is 0 Å². The third-order valence-electron chi connectivity index (χ3n) is 1.93. The number of nitrogens with zero attached hydrogens (tertiary/aromatic N) is 2. The Morgan fingerprint density at radius 2 is 2.27 bits per heavy atom. The first kappa shape index (κ1) is 10.6. The van der Waals surface area contributed by atoms with Crippen molar-refractivity contribution < 1.29 is 4.52 Å². The number of aromatic nitrogens is 2. The zero-order valence-electron chi connectivity index (χ0n) is 8.00. The fourth-order valence-electron chi connectivity index (χ4n) is 1.26. The van der Waals surface area contributed by atoms with Gasteiger partial charge < -0.3 is 4.52 Å². The maximum atomic E-state index is 5.90. The van der Waals surface area contributed by atoms with E-state index in [1.807, 2.05) is 18.2 Å². The summed E-state index contributed by atoms with van der Waals surface area (Å²) in [5.41, 5.74) is 1.04. The molecule has 0 radical (unpaired) electrons. The third-order valence-corrected chi connectivity index (χ3v) is 2.93. The predicted octanol–water partition coefficient (Wildman–Crippen LogP) is 3.38. The largest absolute Gasteiger partial charge is 0.340 e. The molecule has 0 aliphatic rings. The Bertz CT molecular complexity index is 484. The first-order chi connectivity index (χ1) is 7.15. The van der Waals surface area contributed by atoms with Gasteiger partial charge in [0.25, 0.3) is 0 Å². The van der Waals surface area contributed by atoms with Crippen LogP contribution < -0.4 is 0 Å². The van der Waals surface area contributed by atoms with Gasteiger partial charge in [-0.2, -0.15) is 4.98 Å². The van der Waals surface area contributed by atoms with Crippen LogP contribution in [0.25, 0.3) is 0 Å². The van der Waals surface area contributed by atoms with Crippen LogP contribution >= 0.6 is 27.5 Å². The molecule has 0 atom stereocenters. The fraction of sp³-hybridized carbons (Fsp3) is 0.200. The highest BCUT2D eigenvalue weighted by Gasteiger charge is 2.07. The van der Waals surface area contributed by atoms with Gasteiger partial charge in [0.1, 0.15) is 0 Å². The van der Waals surface area contributed by atoms with Gasteiger partial charge in [-0.25, -0.2) is 0 Å². The highest BCUT2D eigenvalue weighted by atomic mass is 79.9. The van der Waals surface area contributed by atoms with E-state index < -0.39 is 0 Å². The maximum Gasteiger partial charge on any atom is 0.223 e. The molecular weight excluding hydrogens is 279 g/mol. The minimum absolute atomic E-state index is 0.572. The molecule has 0 amide bonds. The highest BCUT2D eigenvalue weighted by molar-refractivity contribution is 9.10. The van der Waals surface area contributed by atoms with Crippen LogP contribution in [0.2, 0.25) is 5.02 Å². The lowest BCUT2D eigenvalue weighted by atomic mass is 10.1. The van der Waals surface area contributed by atoms with Crippen molar-refractivity contribution in [3.8, 4) is 0 Å². The zero-order valence-corrected chi connectivity index (χ0v) is 10.3.